The number of hydrogen-bond donors (Lipinski definition) is 1. The summed E-state index contributed by atoms with van der Waals surface area (Å²) in [5, 5.41) is 3.59. The van der Waals surface area contributed by atoms with E-state index in [0.717, 1.165) is 23.3 Å². The summed E-state index contributed by atoms with van der Waals surface area (Å²) in [5.41, 5.74) is 2.09. The fourth-order valence-corrected chi connectivity index (χ4v) is 3.00. The van der Waals surface area contributed by atoms with Gasteiger partial charge in [-0.2, -0.15) is 0 Å². The number of aryl methyl sites for hydroxylation is 1. The van der Waals surface area contributed by atoms with Crippen molar-refractivity contribution in [3.63, 3.8) is 0 Å². The molecule has 0 bridgehead atoms. The molecule has 0 aliphatic heterocycles. The van der Waals surface area contributed by atoms with E-state index in [1.165, 1.54) is 0 Å². The van der Waals surface area contributed by atoms with E-state index in [9.17, 15) is 4.79 Å². The number of amides is 1. The van der Waals surface area contributed by atoms with Gasteiger partial charge in [-0.15, -0.1) is 0 Å². The maximum Gasteiger partial charge on any atom is 0.261 e. The predicted molar refractivity (Wildman–Crippen MR) is 105 cm³/mol. The molecule has 0 spiro atoms. The molecule has 1 amide bonds. The third kappa shape index (κ3) is 4.92. The lowest BCUT2D eigenvalue weighted by Crippen LogP contribution is -2.40. The highest BCUT2D eigenvalue weighted by atomic mass is 35.5. The lowest BCUT2D eigenvalue weighted by molar-refractivity contribution is -0.128. The zero-order chi connectivity index (χ0) is 19.1. The first-order valence-corrected chi connectivity index (χ1v) is 9.24. The minimum atomic E-state index is -0.594. The van der Waals surface area contributed by atoms with E-state index in [4.69, 9.17) is 21.1 Å². The van der Waals surface area contributed by atoms with E-state index < -0.39 is 6.10 Å². The van der Waals surface area contributed by atoms with Gasteiger partial charge in [0.25, 0.3) is 5.91 Å². The maximum absolute atomic E-state index is 12.7. The number of para-hydroxylation sites is 1. The largest absolute Gasteiger partial charge is 0.496 e. The Kier molecular flexibility index (Phi) is 7.34. The van der Waals surface area contributed by atoms with Crippen LogP contribution in [0.25, 0.3) is 0 Å². The average Bonchev–Trinajstić information content (AvgIpc) is 2.65. The van der Waals surface area contributed by atoms with Crippen LogP contribution in [-0.4, -0.2) is 19.1 Å². The quantitative estimate of drug-likeness (QED) is 0.699. The summed E-state index contributed by atoms with van der Waals surface area (Å²) < 4.78 is 11.1. The molecule has 1 N–H and O–H groups in total. The smallest absolute Gasteiger partial charge is 0.261 e. The van der Waals surface area contributed by atoms with E-state index in [1.54, 1.807) is 19.2 Å². The van der Waals surface area contributed by atoms with Crippen LogP contribution in [0.1, 0.15) is 43.9 Å². The van der Waals surface area contributed by atoms with Crippen molar-refractivity contribution in [1.29, 1.82) is 0 Å². The van der Waals surface area contributed by atoms with Gasteiger partial charge in [-0.05, 0) is 49.1 Å². The fourth-order valence-electron chi connectivity index (χ4n) is 2.82. The van der Waals surface area contributed by atoms with Crippen LogP contribution in [0.4, 0.5) is 0 Å². The molecule has 0 aromatic heterocycles. The molecule has 0 fully saturated rings. The van der Waals surface area contributed by atoms with Crippen LogP contribution in [0, 0.1) is 6.92 Å². The minimum Gasteiger partial charge on any atom is -0.496 e. The Balaban J connectivity index is 2.11. The zero-order valence-corrected chi connectivity index (χ0v) is 16.5. The van der Waals surface area contributed by atoms with Gasteiger partial charge in [0, 0.05) is 0 Å². The third-order valence-corrected chi connectivity index (χ3v) is 4.63. The van der Waals surface area contributed by atoms with Crippen molar-refractivity contribution in [2.75, 3.05) is 7.11 Å². The van der Waals surface area contributed by atoms with Gasteiger partial charge in [-0.25, -0.2) is 0 Å². The summed E-state index contributed by atoms with van der Waals surface area (Å²) in [4.78, 5) is 12.7. The number of halogens is 1. The van der Waals surface area contributed by atoms with Gasteiger partial charge in [0.05, 0.1) is 18.2 Å². The lowest BCUT2D eigenvalue weighted by Gasteiger charge is -2.23. The lowest BCUT2D eigenvalue weighted by atomic mass is 10.0. The van der Waals surface area contributed by atoms with Gasteiger partial charge in [0.15, 0.2) is 6.10 Å². The first-order valence-electron chi connectivity index (χ1n) is 8.86. The van der Waals surface area contributed by atoms with E-state index >= 15 is 0 Å². The number of carbonyl (C=O) groups is 1. The summed E-state index contributed by atoms with van der Waals surface area (Å²) in [5.74, 6) is 1.21. The summed E-state index contributed by atoms with van der Waals surface area (Å²) in [6.45, 7) is 5.95. The molecular formula is C21H26ClNO3. The Morgan fingerprint density at radius 1 is 1.12 bits per heavy atom. The molecule has 2 aromatic rings. The van der Waals surface area contributed by atoms with Gasteiger partial charge in [0.2, 0.25) is 0 Å². The number of methoxy groups -OCH3 is 1. The van der Waals surface area contributed by atoms with E-state index in [1.807, 2.05) is 51.1 Å². The van der Waals surface area contributed by atoms with Crippen LogP contribution >= 0.6 is 11.6 Å². The molecular weight excluding hydrogens is 350 g/mol. The van der Waals surface area contributed by atoms with Gasteiger partial charge < -0.3 is 14.8 Å². The standard InChI is InChI=1S/C21H26ClNO3/c1-5-17(15-11-12-19(25-4)14(3)13-15)23-21(24)18(6-2)26-20-10-8-7-9-16(20)22/h7-13,17-18H,5-6H2,1-4H3,(H,23,24)/t17-,18-/m0/s1. The van der Waals surface area contributed by atoms with Crippen LogP contribution in [0.15, 0.2) is 42.5 Å². The normalized spacial score (nSPS) is 13.0. The molecule has 4 nitrogen and oxygen atoms in total. The molecule has 0 aliphatic rings. The molecule has 2 rings (SSSR count). The number of rotatable bonds is 8. The Labute approximate surface area is 160 Å². The molecule has 2 atom stereocenters. The molecule has 0 unspecified atom stereocenters. The molecule has 0 heterocycles. The van der Waals surface area contributed by atoms with Crippen molar-refractivity contribution in [2.24, 2.45) is 0 Å². The van der Waals surface area contributed by atoms with Crippen LogP contribution in [0.3, 0.4) is 0 Å². The first-order chi connectivity index (χ1) is 12.5. The van der Waals surface area contributed by atoms with Gasteiger partial charge in [0.1, 0.15) is 11.5 Å². The number of hydrogen-bond acceptors (Lipinski definition) is 3. The van der Waals surface area contributed by atoms with Crippen LogP contribution < -0.4 is 14.8 Å². The number of benzene rings is 2. The van der Waals surface area contributed by atoms with E-state index in [0.29, 0.717) is 17.2 Å². The summed E-state index contributed by atoms with van der Waals surface area (Å²) >= 11 is 6.14. The van der Waals surface area contributed by atoms with Gasteiger partial charge >= 0.3 is 0 Å². The van der Waals surface area contributed by atoms with Crippen molar-refractivity contribution in [1.82, 2.24) is 5.32 Å². The van der Waals surface area contributed by atoms with Crippen molar-refractivity contribution < 1.29 is 14.3 Å². The molecule has 26 heavy (non-hydrogen) atoms. The SMILES string of the molecule is CC[C@H](Oc1ccccc1Cl)C(=O)N[C@@H](CC)c1ccc(OC)c(C)c1. The average molecular weight is 376 g/mol. The topological polar surface area (TPSA) is 47.6 Å². The number of ether oxygens (including phenoxy) is 2. The molecule has 2 aromatic carbocycles. The minimum absolute atomic E-state index is 0.0870. The number of nitrogens with one attached hydrogen (secondary N) is 1. The first kappa shape index (κ1) is 20.1. The summed E-state index contributed by atoms with van der Waals surface area (Å²) in [7, 11) is 1.65. The highest BCUT2D eigenvalue weighted by molar-refractivity contribution is 6.32. The maximum atomic E-state index is 12.7. The molecule has 5 heteroatoms. The molecule has 0 aliphatic carbocycles. The molecule has 140 valence electrons. The molecule has 0 saturated carbocycles. The van der Waals surface area contributed by atoms with Crippen LogP contribution in [0.5, 0.6) is 11.5 Å². The van der Waals surface area contributed by atoms with Gasteiger partial charge in [-0.3, -0.25) is 4.79 Å². The second-order valence-corrected chi connectivity index (χ2v) is 6.55. The van der Waals surface area contributed by atoms with Crippen LogP contribution in [-0.2, 0) is 4.79 Å². The molecule has 0 radical (unpaired) electrons. The van der Waals surface area contributed by atoms with E-state index in [2.05, 4.69) is 5.32 Å². The highest BCUT2D eigenvalue weighted by Gasteiger charge is 2.23. The van der Waals surface area contributed by atoms with E-state index in [-0.39, 0.29) is 11.9 Å². The Hall–Kier alpha value is -2.20. The third-order valence-electron chi connectivity index (χ3n) is 4.32. The predicted octanol–water partition coefficient (Wildman–Crippen LogP) is 5.08. The van der Waals surface area contributed by atoms with Gasteiger partial charge in [-0.1, -0.05) is 49.7 Å². The number of carbonyl (C=O) groups excluding carboxylic acids is 1. The zero-order valence-electron chi connectivity index (χ0n) is 15.7. The second kappa shape index (κ2) is 9.48. The Bertz CT molecular complexity index is 748. The monoisotopic (exact) mass is 375 g/mol. The molecule has 0 saturated heterocycles. The second-order valence-electron chi connectivity index (χ2n) is 6.14. The Morgan fingerprint density at radius 2 is 1.85 bits per heavy atom. The van der Waals surface area contributed by atoms with Crippen molar-refractivity contribution in [3.8, 4) is 11.5 Å². The highest BCUT2D eigenvalue weighted by Crippen LogP contribution is 2.26. The Morgan fingerprint density at radius 3 is 2.42 bits per heavy atom. The fraction of sp³-hybridized carbons (Fsp3) is 0.381. The van der Waals surface area contributed by atoms with Crippen molar-refractivity contribution >= 4 is 17.5 Å². The summed E-state index contributed by atoms with van der Waals surface area (Å²) in [6.07, 6.45) is 0.734. The van der Waals surface area contributed by atoms with Crippen LogP contribution in [0.2, 0.25) is 5.02 Å². The summed E-state index contributed by atoms with van der Waals surface area (Å²) in [6, 6.07) is 13.0. The van der Waals surface area contributed by atoms with Crippen molar-refractivity contribution in [2.45, 2.75) is 45.8 Å². The van der Waals surface area contributed by atoms with Crippen molar-refractivity contribution in [3.05, 3.63) is 58.6 Å².